The van der Waals surface area contributed by atoms with Crippen LogP contribution < -0.4 is 5.32 Å². The number of carbonyl (C=O) groups excluding carboxylic acids is 1. The Kier molecular flexibility index (Phi) is 9.86. The number of hydrogen-bond acceptors (Lipinski definition) is 6. The summed E-state index contributed by atoms with van der Waals surface area (Å²) in [5.41, 5.74) is -0.815. The minimum absolute atomic E-state index is 0.248. The molecular formula is C12H25NO5. The van der Waals surface area contributed by atoms with Crippen LogP contribution >= 0.6 is 0 Å². The van der Waals surface area contributed by atoms with Gasteiger partial charge >= 0.3 is 5.97 Å². The van der Waals surface area contributed by atoms with Crippen LogP contribution in [-0.4, -0.2) is 65.8 Å². The first-order valence-corrected chi connectivity index (χ1v) is 6.02. The van der Waals surface area contributed by atoms with E-state index in [1.807, 2.05) is 0 Å². The fourth-order valence-corrected chi connectivity index (χ4v) is 1.26. The first-order valence-electron chi connectivity index (χ1n) is 6.02. The second-order valence-electron chi connectivity index (χ2n) is 4.08. The second-order valence-corrected chi connectivity index (χ2v) is 4.08. The van der Waals surface area contributed by atoms with Gasteiger partial charge in [0.2, 0.25) is 0 Å². The normalized spacial score (nSPS) is 14.2. The van der Waals surface area contributed by atoms with E-state index in [1.54, 1.807) is 21.1 Å². The summed E-state index contributed by atoms with van der Waals surface area (Å²) in [6, 6.07) is 0. The summed E-state index contributed by atoms with van der Waals surface area (Å²) in [5.74, 6) is -0.342. The second kappa shape index (κ2) is 10.3. The van der Waals surface area contributed by atoms with E-state index < -0.39 is 5.54 Å². The van der Waals surface area contributed by atoms with Crippen molar-refractivity contribution in [2.75, 3.05) is 54.3 Å². The third-order valence-corrected chi connectivity index (χ3v) is 2.59. The van der Waals surface area contributed by atoms with E-state index in [0.717, 1.165) is 6.42 Å². The summed E-state index contributed by atoms with van der Waals surface area (Å²) in [7, 11) is 4.72. The highest BCUT2D eigenvalue weighted by molar-refractivity contribution is 5.80. The molecule has 6 heteroatoms. The number of esters is 1. The van der Waals surface area contributed by atoms with Gasteiger partial charge in [-0.3, -0.25) is 0 Å². The van der Waals surface area contributed by atoms with E-state index >= 15 is 0 Å². The third kappa shape index (κ3) is 6.90. The monoisotopic (exact) mass is 263 g/mol. The molecule has 0 aliphatic carbocycles. The lowest BCUT2D eigenvalue weighted by Gasteiger charge is -2.25. The molecule has 0 aromatic heterocycles. The van der Waals surface area contributed by atoms with E-state index in [1.165, 1.54) is 7.11 Å². The molecule has 108 valence electrons. The minimum Gasteiger partial charge on any atom is -0.468 e. The molecule has 1 atom stereocenters. The smallest absolute Gasteiger partial charge is 0.328 e. The molecule has 0 amide bonds. The fourth-order valence-electron chi connectivity index (χ4n) is 1.26. The Balaban J connectivity index is 3.60. The van der Waals surface area contributed by atoms with Crippen molar-refractivity contribution in [3.63, 3.8) is 0 Å². The van der Waals surface area contributed by atoms with Crippen molar-refractivity contribution in [2.24, 2.45) is 0 Å². The maximum atomic E-state index is 11.5. The average Bonchev–Trinajstić information content (AvgIpc) is 2.40. The van der Waals surface area contributed by atoms with Crippen LogP contribution in [-0.2, 0) is 23.7 Å². The van der Waals surface area contributed by atoms with Crippen molar-refractivity contribution in [2.45, 2.75) is 18.9 Å². The zero-order chi connectivity index (χ0) is 13.9. The summed E-state index contributed by atoms with van der Waals surface area (Å²) in [6.45, 7) is 4.28. The number of likely N-dealkylation sites (N-methyl/N-ethyl adjacent to an activating group) is 1. The lowest BCUT2D eigenvalue weighted by atomic mass is 10.1. The average molecular weight is 263 g/mol. The number of nitrogens with one attached hydrogen (secondary N) is 1. The van der Waals surface area contributed by atoms with Crippen LogP contribution in [0.15, 0.2) is 0 Å². The number of rotatable bonds is 11. The number of hydrogen-bond donors (Lipinski definition) is 1. The molecule has 1 unspecified atom stereocenters. The minimum atomic E-state index is -0.815. The Hall–Kier alpha value is -0.690. The Morgan fingerprint density at radius 3 is 2.33 bits per heavy atom. The Morgan fingerprint density at radius 2 is 1.78 bits per heavy atom. The van der Waals surface area contributed by atoms with Gasteiger partial charge in [0.05, 0.1) is 26.9 Å². The summed E-state index contributed by atoms with van der Waals surface area (Å²) < 4.78 is 20.3. The topological polar surface area (TPSA) is 66.0 Å². The van der Waals surface area contributed by atoms with Crippen molar-refractivity contribution in [1.29, 1.82) is 0 Å². The summed E-state index contributed by atoms with van der Waals surface area (Å²) in [6.07, 6.45) is 0.868. The van der Waals surface area contributed by atoms with Gasteiger partial charge < -0.3 is 24.3 Å². The largest absolute Gasteiger partial charge is 0.468 e. The van der Waals surface area contributed by atoms with Gasteiger partial charge in [0.15, 0.2) is 0 Å². The Morgan fingerprint density at radius 1 is 1.11 bits per heavy atom. The highest BCUT2D eigenvalue weighted by Gasteiger charge is 2.32. The van der Waals surface area contributed by atoms with E-state index in [2.05, 4.69) is 5.32 Å². The van der Waals surface area contributed by atoms with Crippen molar-refractivity contribution in [3.05, 3.63) is 0 Å². The quantitative estimate of drug-likeness (QED) is 0.424. The van der Waals surface area contributed by atoms with Gasteiger partial charge in [0, 0.05) is 20.3 Å². The zero-order valence-electron chi connectivity index (χ0n) is 11.8. The molecule has 0 aromatic carbocycles. The molecule has 0 aliphatic rings. The van der Waals surface area contributed by atoms with Crippen LogP contribution in [0.2, 0.25) is 0 Å². The van der Waals surface area contributed by atoms with Crippen LogP contribution in [0.25, 0.3) is 0 Å². The summed E-state index contributed by atoms with van der Waals surface area (Å²) in [4.78, 5) is 11.5. The standard InChI is InChI=1S/C12H25NO5/c1-12(13-2,11(14)16-4)10-18-9-8-17-7-5-6-15-3/h13H,5-10H2,1-4H3. The van der Waals surface area contributed by atoms with Crippen molar-refractivity contribution in [1.82, 2.24) is 5.32 Å². The number of ether oxygens (including phenoxy) is 4. The lowest BCUT2D eigenvalue weighted by Crippen LogP contribution is -2.52. The molecule has 0 bridgehead atoms. The van der Waals surface area contributed by atoms with E-state index in [4.69, 9.17) is 18.9 Å². The Labute approximate surface area is 109 Å². The van der Waals surface area contributed by atoms with E-state index in [0.29, 0.717) is 26.4 Å². The van der Waals surface area contributed by atoms with Crippen LogP contribution in [0.5, 0.6) is 0 Å². The number of methoxy groups -OCH3 is 2. The third-order valence-electron chi connectivity index (χ3n) is 2.59. The van der Waals surface area contributed by atoms with Gasteiger partial charge in [-0.1, -0.05) is 0 Å². The van der Waals surface area contributed by atoms with Gasteiger partial charge in [0.25, 0.3) is 0 Å². The molecule has 0 saturated carbocycles. The van der Waals surface area contributed by atoms with E-state index in [-0.39, 0.29) is 12.6 Å². The molecule has 0 aliphatic heterocycles. The molecule has 6 nitrogen and oxygen atoms in total. The maximum Gasteiger partial charge on any atom is 0.328 e. The maximum absolute atomic E-state index is 11.5. The highest BCUT2D eigenvalue weighted by atomic mass is 16.5. The molecule has 0 spiro atoms. The van der Waals surface area contributed by atoms with Crippen LogP contribution in [0.4, 0.5) is 0 Å². The summed E-state index contributed by atoms with van der Waals surface area (Å²) in [5, 5.41) is 2.89. The predicted octanol–water partition coefficient (Wildman–Crippen LogP) is 0.207. The van der Waals surface area contributed by atoms with Crippen LogP contribution in [0, 0.1) is 0 Å². The first kappa shape index (κ1) is 17.3. The van der Waals surface area contributed by atoms with Gasteiger partial charge in [-0.25, -0.2) is 4.79 Å². The molecular weight excluding hydrogens is 238 g/mol. The summed E-state index contributed by atoms with van der Waals surface area (Å²) >= 11 is 0. The van der Waals surface area contributed by atoms with Gasteiger partial charge in [-0.2, -0.15) is 0 Å². The molecule has 0 heterocycles. The molecule has 0 radical (unpaired) electrons. The Bertz CT molecular complexity index is 225. The van der Waals surface area contributed by atoms with Gasteiger partial charge in [-0.15, -0.1) is 0 Å². The van der Waals surface area contributed by atoms with Crippen molar-refractivity contribution < 1.29 is 23.7 Å². The van der Waals surface area contributed by atoms with Crippen LogP contribution in [0.1, 0.15) is 13.3 Å². The molecule has 0 aromatic rings. The lowest BCUT2D eigenvalue weighted by molar-refractivity contribution is -0.150. The SMILES string of the molecule is CNC(C)(COCCOCCCOC)C(=O)OC. The van der Waals surface area contributed by atoms with Gasteiger partial charge in [-0.05, 0) is 20.4 Å². The number of carbonyl (C=O) groups is 1. The van der Waals surface area contributed by atoms with Crippen molar-refractivity contribution >= 4 is 5.97 Å². The first-order chi connectivity index (χ1) is 8.60. The molecule has 1 N–H and O–H groups in total. The predicted molar refractivity (Wildman–Crippen MR) is 67.6 cm³/mol. The molecule has 0 fully saturated rings. The van der Waals surface area contributed by atoms with Crippen molar-refractivity contribution in [3.8, 4) is 0 Å². The molecule has 0 saturated heterocycles. The zero-order valence-corrected chi connectivity index (χ0v) is 11.8. The highest BCUT2D eigenvalue weighted by Crippen LogP contribution is 2.06. The van der Waals surface area contributed by atoms with E-state index in [9.17, 15) is 4.79 Å². The molecule has 18 heavy (non-hydrogen) atoms. The fraction of sp³-hybridized carbons (Fsp3) is 0.917. The molecule has 0 rings (SSSR count). The van der Waals surface area contributed by atoms with Gasteiger partial charge in [0.1, 0.15) is 5.54 Å². The van der Waals surface area contributed by atoms with Crippen LogP contribution in [0.3, 0.4) is 0 Å².